The topological polar surface area (TPSA) is 17.1 Å². The molecule has 1 rings (SSSR count). The molecule has 0 amide bonds. The second-order valence-electron chi connectivity index (χ2n) is 3.58. The van der Waals surface area contributed by atoms with Crippen LogP contribution in [0.4, 0.5) is 13.2 Å². The van der Waals surface area contributed by atoms with E-state index in [1.54, 1.807) is 19.9 Å². The highest BCUT2D eigenvalue weighted by atomic mass is 19.4. The summed E-state index contributed by atoms with van der Waals surface area (Å²) in [6.45, 7) is 3.49. The third kappa shape index (κ3) is 3.19. The van der Waals surface area contributed by atoms with Crippen molar-refractivity contribution in [3.63, 3.8) is 0 Å². The average Bonchev–Trinajstić information content (AvgIpc) is 2.29. The Bertz CT molecular complexity index is 444. The van der Waals surface area contributed by atoms with E-state index >= 15 is 0 Å². The lowest BCUT2D eigenvalue weighted by Crippen LogP contribution is -2.08. The Labute approximate surface area is 98.0 Å². The van der Waals surface area contributed by atoms with E-state index in [4.69, 9.17) is 0 Å². The lowest BCUT2D eigenvalue weighted by atomic mass is 9.99. The molecule has 1 aromatic carbocycles. The summed E-state index contributed by atoms with van der Waals surface area (Å²) in [6, 6.07) is 4.50. The third-order valence-electron chi connectivity index (χ3n) is 2.47. The minimum absolute atomic E-state index is 0.0785. The predicted molar refractivity (Wildman–Crippen MR) is 59.8 cm³/mol. The van der Waals surface area contributed by atoms with Gasteiger partial charge in [-0.15, -0.1) is 0 Å². The van der Waals surface area contributed by atoms with E-state index in [9.17, 15) is 18.0 Å². The molecule has 0 heterocycles. The fraction of sp³-hybridized carbons (Fsp3) is 0.308. The monoisotopic (exact) mass is 242 g/mol. The molecule has 0 aliphatic rings. The Morgan fingerprint density at radius 2 is 2.00 bits per heavy atom. The molecule has 4 heteroatoms. The molecule has 0 bridgehead atoms. The molecule has 0 aliphatic heterocycles. The van der Waals surface area contributed by atoms with Crippen molar-refractivity contribution in [3.05, 3.63) is 47.0 Å². The molecular weight excluding hydrogens is 229 g/mol. The molecule has 0 aliphatic carbocycles. The fourth-order valence-electron chi connectivity index (χ4n) is 1.52. The van der Waals surface area contributed by atoms with Crippen LogP contribution >= 0.6 is 0 Å². The highest BCUT2D eigenvalue weighted by molar-refractivity contribution is 6.08. The van der Waals surface area contributed by atoms with Gasteiger partial charge in [0.05, 0.1) is 5.56 Å². The summed E-state index contributed by atoms with van der Waals surface area (Å²) in [6.07, 6.45) is -2.28. The molecule has 0 atom stereocenters. The van der Waals surface area contributed by atoms with Crippen molar-refractivity contribution in [1.29, 1.82) is 0 Å². The van der Waals surface area contributed by atoms with Gasteiger partial charge < -0.3 is 0 Å². The number of hydrogen-bond acceptors (Lipinski definition) is 1. The van der Waals surface area contributed by atoms with Crippen molar-refractivity contribution in [2.75, 3.05) is 0 Å². The molecule has 0 N–H and O–H groups in total. The molecule has 0 aromatic heterocycles. The van der Waals surface area contributed by atoms with Gasteiger partial charge in [-0.05, 0) is 31.1 Å². The molecule has 0 saturated heterocycles. The number of halogens is 3. The van der Waals surface area contributed by atoms with Gasteiger partial charge in [0.15, 0.2) is 5.78 Å². The second-order valence-corrected chi connectivity index (χ2v) is 3.58. The summed E-state index contributed by atoms with van der Waals surface area (Å²) in [4.78, 5) is 11.9. The Balaban J connectivity index is 3.13. The zero-order valence-electron chi connectivity index (χ0n) is 9.64. The highest BCUT2D eigenvalue weighted by Gasteiger charge is 2.30. The van der Waals surface area contributed by atoms with E-state index < -0.39 is 11.7 Å². The highest BCUT2D eigenvalue weighted by Crippen LogP contribution is 2.30. The van der Waals surface area contributed by atoms with Crippen molar-refractivity contribution in [1.82, 2.24) is 0 Å². The fourth-order valence-corrected chi connectivity index (χ4v) is 1.52. The summed E-state index contributed by atoms with van der Waals surface area (Å²) >= 11 is 0. The molecule has 0 fully saturated rings. The molecule has 1 aromatic rings. The number of carbonyl (C=O) groups excluding carboxylic acids is 1. The van der Waals surface area contributed by atoms with Crippen molar-refractivity contribution in [3.8, 4) is 0 Å². The number of benzene rings is 1. The SMILES string of the molecule is C/C=C(\CC)C(=O)c1cccc(C(F)(F)F)c1. The number of ketones is 1. The van der Waals surface area contributed by atoms with Crippen LogP contribution in [0, 0.1) is 0 Å². The van der Waals surface area contributed by atoms with Gasteiger partial charge in [-0.1, -0.05) is 25.1 Å². The zero-order valence-corrected chi connectivity index (χ0v) is 9.64. The normalized spacial score (nSPS) is 12.6. The van der Waals surface area contributed by atoms with Gasteiger partial charge in [-0.3, -0.25) is 4.79 Å². The molecule has 92 valence electrons. The summed E-state index contributed by atoms with van der Waals surface area (Å²) in [5.41, 5.74) is -0.200. The molecule has 0 saturated carbocycles. The third-order valence-corrected chi connectivity index (χ3v) is 2.47. The minimum Gasteiger partial charge on any atom is -0.289 e. The molecule has 0 radical (unpaired) electrons. The minimum atomic E-state index is -4.42. The summed E-state index contributed by atoms with van der Waals surface area (Å²) in [5, 5.41) is 0. The smallest absolute Gasteiger partial charge is 0.289 e. The largest absolute Gasteiger partial charge is 0.416 e. The Morgan fingerprint density at radius 1 is 1.35 bits per heavy atom. The van der Waals surface area contributed by atoms with E-state index in [1.165, 1.54) is 12.1 Å². The van der Waals surface area contributed by atoms with Crippen molar-refractivity contribution >= 4 is 5.78 Å². The first-order valence-electron chi connectivity index (χ1n) is 5.27. The maximum atomic E-state index is 12.5. The average molecular weight is 242 g/mol. The van der Waals surface area contributed by atoms with E-state index in [1.807, 2.05) is 0 Å². The maximum Gasteiger partial charge on any atom is 0.416 e. The number of Topliss-reactive ketones (excluding diaryl/α,β-unsaturated/α-hetero) is 1. The van der Waals surface area contributed by atoms with Gasteiger partial charge in [0.2, 0.25) is 0 Å². The number of hydrogen-bond donors (Lipinski definition) is 0. The van der Waals surface area contributed by atoms with Crippen LogP contribution in [0.5, 0.6) is 0 Å². The Hall–Kier alpha value is -1.58. The van der Waals surface area contributed by atoms with Gasteiger partial charge in [0, 0.05) is 5.56 Å². The second kappa shape index (κ2) is 5.17. The van der Waals surface area contributed by atoms with Gasteiger partial charge in [0.1, 0.15) is 0 Å². The van der Waals surface area contributed by atoms with Crippen molar-refractivity contribution < 1.29 is 18.0 Å². The predicted octanol–water partition coefficient (Wildman–Crippen LogP) is 4.24. The van der Waals surface area contributed by atoms with E-state index in [-0.39, 0.29) is 11.3 Å². The van der Waals surface area contributed by atoms with Gasteiger partial charge in [0.25, 0.3) is 0 Å². The van der Waals surface area contributed by atoms with Gasteiger partial charge in [-0.2, -0.15) is 13.2 Å². The molecule has 1 nitrogen and oxygen atoms in total. The Morgan fingerprint density at radius 3 is 2.47 bits per heavy atom. The van der Waals surface area contributed by atoms with Crippen molar-refractivity contribution in [2.24, 2.45) is 0 Å². The van der Waals surface area contributed by atoms with Crippen LogP contribution in [0.3, 0.4) is 0 Å². The van der Waals surface area contributed by atoms with Crippen LogP contribution in [0.1, 0.15) is 36.2 Å². The standard InChI is InChI=1S/C13H13F3O/c1-3-9(4-2)12(17)10-6-5-7-11(8-10)13(14,15)16/h3,5-8H,4H2,1-2H3/b9-3+. The van der Waals surface area contributed by atoms with E-state index in [0.29, 0.717) is 12.0 Å². The van der Waals surface area contributed by atoms with Gasteiger partial charge in [-0.25, -0.2) is 0 Å². The molecular formula is C13H13F3O. The summed E-state index contributed by atoms with van der Waals surface area (Å²) in [7, 11) is 0. The maximum absolute atomic E-state index is 12.5. The van der Waals surface area contributed by atoms with Crippen LogP contribution in [0.15, 0.2) is 35.9 Å². The summed E-state index contributed by atoms with van der Waals surface area (Å²) in [5.74, 6) is -0.346. The lowest BCUT2D eigenvalue weighted by molar-refractivity contribution is -0.137. The zero-order chi connectivity index (χ0) is 13.1. The Kier molecular flexibility index (Phi) is 4.10. The molecule has 17 heavy (non-hydrogen) atoms. The number of rotatable bonds is 3. The van der Waals surface area contributed by atoms with Crippen molar-refractivity contribution in [2.45, 2.75) is 26.4 Å². The first-order chi connectivity index (χ1) is 7.90. The van der Waals surface area contributed by atoms with Crippen LogP contribution in [0.2, 0.25) is 0 Å². The quantitative estimate of drug-likeness (QED) is 0.572. The molecule has 0 unspecified atom stereocenters. The van der Waals surface area contributed by atoms with Crippen LogP contribution in [-0.2, 0) is 6.18 Å². The van der Waals surface area contributed by atoms with Crippen LogP contribution < -0.4 is 0 Å². The number of alkyl halides is 3. The first-order valence-corrected chi connectivity index (χ1v) is 5.27. The number of carbonyl (C=O) groups is 1. The van der Waals surface area contributed by atoms with Gasteiger partial charge >= 0.3 is 6.18 Å². The van der Waals surface area contributed by atoms with Crippen LogP contribution in [0.25, 0.3) is 0 Å². The summed E-state index contributed by atoms with van der Waals surface area (Å²) < 4.78 is 37.4. The molecule has 0 spiro atoms. The van der Waals surface area contributed by atoms with E-state index in [2.05, 4.69) is 0 Å². The first kappa shape index (κ1) is 13.5. The van der Waals surface area contributed by atoms with E-state index in [0.717, 1.165) is 12.1 Å². The number of allylic oxidation sites excluding steroid dienone is 2. The lowest BCUT2D eigenvalue weighted by Gasteiger charge is -2.09. The van der Waals surface area contributed by atoms with Crippen LogP contribution in [-0.4, -0.2) is 5.78 Å².